The molecule has 2 amide bonds. The summed E-state index contributed by atoms with van der Waals surface area (Å²) >= 11 is 0. The summed E-state index contributed by atoms with van der Waals surface area (Å²) in [6, 6.07) is 7.72. The molecule has 0 atom stereocenters. The van der Waals surface area contributed by atoms with Gasteiger partial charge in [-0.05, 0) is 37.1 Å². The number of carbonyl (C=O) groups is 1. The molecule has 7 nitrogen and oxygen atoms in total. The van der Waals surface area contributed by atoms with Crippen LogP contribution >= 0.6 is 0 Å². The number of nitrogens with one attached hydrogen (secondary N) is 1. The number of carbonyl (C=O) groups excluding carboxylic acids is 1. The van der Waals surface area contributed by atoms with Crippen LogP contribution in [-0.4, -0.2) is 52.3 Å². The third-order valence-corrected chi connectivity index (χ3v) is 4.15. The van der Waals surface area contributed by atoms with Gasteiger partial charge in [-0.3, -0.25) is 4.98 Å². The summed E-state index contributed by atoms with van der Waals surface area (Å²) in [6.07, 6.45) is 6.83. The van der Waals surface area contributed by atoms with E-state index in [0.29, 0.717) is 6.04 Å². The van der Waals surface area contributed by atoms with Crippen LogP contribution in [-0.2, 0) is 0 Å². The van der Waals surface area contributed by atoms with Gasteiger partial charge in [0.15, 0.2) is 5.82 Å². The maximum atomic E-state index is 12.3. The molecule has 7 heteroatoms. The fourth-order valence-electron chi connectivity index (χ4n) is 2.76. The zero-order chi connectivity index (χ0) is 16.1. The van der Waals surface area contributed by atoms with Crippen LogP contribution in [0.25, 0.3) is 0 Å². The quantitative estimate of drug-likeness (QED) is 0.938. The van der Waals surface area contributed by atoms with Gasteiger partial charge in [-0.2, -0.15) is 5.10 Å². The van der Waals surface area contributed by atoms with Gasteiger partial charge in [0.25, 0.3) is 0 Å². The van der Waals surface area contributed by atoms with E-state index in [9.17, 15) is 4.79 Å². The summed E-state index contributed by atoms with van der Waals surface area (Å²) in [4.78, 5) is 20.2. The first-order valence-corrected chi connectivity index (χ1v) is 7.70. The highest BCUT2D eigenvalue weighted by Gasteiger charge is 2.26. The number of hydrogen-bond acceptors (Lipinski definition) is 5. The van der Waals surface area contributed by atoms with E-state index in [1.807, 2.05) is 24.1 Å². The molecular formula is C16H20N6O. The Balaban J connectivity index is 1.53. The highest BCUT2D eigenvalue weighted by molar-refractivity contribution is 5.89. The van der Waals surface area contributed by atoms with Crippen molar-refractivity contribution >= 4 is 17.5 Å². The van der Waals surface area contributed by atoms with Gasteiger partial charge in [-0.1, -0.05) is 0 Å². The van der Waals surface area contributed by atoms with E-state index in [-0.39, 0.29) is 6.03 Å². The fraction of sp³-hybridized carbons (Fsp3) is 0.375. The van der Waals surface area contributed by atoms with Crippen molar-refractivity contribution in [1.29, 1.82) is 0 Å². The summed E-state index contributed by atoms with van der Waals surface area (Å²) in [5.41, 5.74) is 0.767. The highest BCUT2D eigenvalue weighted by atomic mass is 16.2. The number of amides is 2. The second-order valence-electron chi connectivity index (χ2n) is 5.58. The van der Waals surface area contributed by atoms with Crippen molar-refractivity contribution in [3.63, 3.8) is 0 Å². The summed E-state index contributed by atoms with van der Waals surface area (Å²) in [5, 5.41) is 11.0. The van der Waals surface area contributed by atoms with Crippen molar-refractivity contribution in [3.8, 4) is 0 Å². The van der Waals surface area contributed by atoms with Gasteiger partial charge in [0, 0.05) is 50.5 Å². The summed E-state index contributed by atoms with van der Waals surface area (Å²) in [6.45, 7) is 1.46. The maximum absolute atomic E-state index is 12.3. The fourth-order valence-corrected chi connectivity index (χ4v) is 2.76. The van der Waals surface area contributed by atoms with Crippen LogP contribution in [0.15, 0.2) is 42.9 Å². The van der Waals surface area contributed by atoms with Crippen molar-refractivity contribution < 1.29 is 4.79 Å². The van der Waals surface area contributed by atoms with Gasteiger partial charge in [-0.25, -0.2) is 4.79 Å². The number of likely N-dealkylation sites (tertiary alicyclic amines) is 1. The van der Waals surface area contributed by atoms with Gasteiger partial charge in [0.1, 0.15) is 0 Å². The lowest BCUT2D eigenvalue weighted by Crippen LogP contribution is -2.47. The Bertz CT molecular complexity index is 628. The lowest BCUT2D eigenvalue weighted by atomic mass is 10.0. The van der Waals surface area contributed by atoms with Crippen molar-refractivity contribution in [3.05, 3.63) is 42.9 Å². The van der Waals surface area contributed by atoms with Crippen LogP contribution in [0.2, 0.25) is 0 Å². The predicted molar refractivity (Wildman–Crippen MR) is 88.3 cm³/mol. The van der Waals surface area contributed by atoms with Gasteiger partial charge in [-0.15, -0.1) is 5.10 Å². The molecule has 23 heavy (non-hydrogen) atoms. The third kappa shape index (κ3) is 3.74. The average Bonchev–Trinajstić information content (AvgIpc) is 2.63. The Labute approximate surface area is 135 Å². The number of nitrogens with zero attached hydrogens (tertiary/aromatic N) is 5. The first kappa shape index (κ1) is 15.2. The van der Waals surface area contributed by atoms with Crippen LogP contribution < -0.4 is 10.2 Å². The molecule has 120 valence electrons. The van der Waals surface area contributed by atoms with Crippen molar-refractivity contribution in [2.45, 2.75) is 18.9 Å². The number of aromatic nitrogens is 3. The summed E-state index contributed by atoms with van der Waals surface area (Å²) in [7, 11) is 2.03. The van der Waals surface area contributed by atoms with Crippen LogP contribution in [0.1, 0.15) is 12.8 Å². The minimum absolute atomic E-state index is 0.0585. The molecule has 0 spiro atoms. The smallest absolute Gasteiger partial charge is 0.321 e. The number of hydrogen-bond donors (Lipinski definition) is 1. The van der Waals surface area contributed by atoms with E-state index in [2.05, 4.69) is 25.4 Å². The molecule has 2 aromatic rings. The van der Waals surface area contributed by atoms with Gasteiger partial charge < -0.3 is 15.1 Å². The standard InChI is InChI=1S/C16H20N6O/c1-21(15-3-2-8-18-20-15)14-6-11-22(12-7-14)16(23)19-13-4-9-17-10-5-13/h2-5,8-10,14H,6-7,11-12H2,1H3,(H,17,19,23). The second kappa shape index (κ2) is 7.04. The highest BCUT2D eigenvalue weighted by Crippen LogP contribution is 2.20. The molecule has 1 fully saturated rings. The topological polar surface area (TPSA) is 74.2 Å². The molecule has 1 aliphatic rings. The molecule has 3 rings (SSSR count). The largest absolute Gasteiger partial charge is 0.355 e. The van der Waals surface area contributed by atoms with E-state index in [1.165, 1.54) is 0 Å². The minimum Gasteiger partial charge on any atom is -0.355 e. The number of piperidine rings is 1. The average molecular weight is 312 g/mol. The van der Waals surface area contributed by atoms with Gasteiger partial charge in [0.2, 0.25) is 0 Å². The molecule has 2 aromatic heterocycles. The first-order valence-electron chi connectivity index (χ1n) is 7.70. The molecule has 1 saturated heterocycles. The van der Waals surface area contributed by atoms with E-state index in [4.69, 9.17) is 0 Å². The van der Waals surface area contributed by atoms with E-state index in [1.54, 1.807) is 30.7 Å². The van der Waals surface area contributed by atoms with E-state index in [0.717, 1.165) is 37.4 Å². The van der Waals surface area contributed by atoms with Crippen molar-refractivity contribution in [2.75, 3.05) is 30.4 Å². The molecule has 0 saturated carbocycles. The molecule has 0 unspecified atom stereocenters. The predicted octanol–water partition coefficient (Wildman–Crippen LogP) is 2.00. The molecule has 1 aliphatic heterocycles. The second-order valence-corrected chi connectivity index (χ2v) is 5.58. The SMILES string of the molecule is CN(c1cccnn1)C1CCN(C(=O)Nc2ccncc2)CC1. The third-order valence-electron chi connectivity index (χ3n) is 4.15. The van der Waals surface area contributed by atoms with Gasteiger partial charge >= 0.3 is 6.03 Å². The molecule has 0 radical (unpaired) electrons. The Kier molecular flexibility index (Phi) is 4.65. The maximum Gasteiger partial charge on any atom is 0.321 e. The molecule has 3 heterocycles. The Morgan fingerprint density at radius 2 is 1.96 bits per heavy atom. The van der Waals surface area contributed by atoms with Crippen LogP contribution in [0.4, 0.5) is 16.3 Å². The van der Waals surface area contributed by atoms with Crippen LogP contribution in [0, 0.1) is 0 Å². The monoisotopic (exact) mass is 312 g/mol. The summed E-state index contributed by atoms with van der Waals surface area (Å²) < 4.78 is 0. The zero-order valence-electron chi connectivity index (χ0n) is 13.1. The number of urea groups is 1. The van der Waals surface area contributed by atoms with E-state index < -0.39 is 0 Å². The van der Waals surface area contributed by atoms with Crippen molar-refractivity contribution in [2.24, 2.45) is 0 Å². The van der Waals surface area contributed by atoms with Gasteiger partial charge in [0.05, 0.1) is 0 Å². The molecule has 0 bridgehead atoms. The first-order chi connectivity index (χ1) is 11.2. The minimum atomic E-state index is -0.0585. The van der Waals surface area contributed by atoms with Crippen molar-refractivity contribution in [1.82, 2.24) is 20.1 Å². The normalized spacial score (nSPS) is 15.3. The lowest BCUT2D eigenvalue weighted by Gasteiger charge is -2.37. The Morgan fingerprint density at radius 1 is 1.22 bits per heavy atom. The molecule has 0 aliphatic carbocycles. The summed E-state index contributed by atoms with van der Waals surface area (Å²) in [5.74, 6) is 0.868. The Hall–Kier alpha value is -2.70. The van der Waals surface area contributed by atoms with E-state index >= 15 is 0 Å². The lowest BCUT2D eigenvalue weighted by molar-refractivity contribution is 0.194. The number of pyridine rings is 1. The Morgan fingerprint density at radius 3 is 2.61 bits per heavy atom. The molecular weight excluding hydrogens is 292 g/mol. The number of anilines is 2. The van der Waals surface area contributed by atoms with Crippen LogP contribution in [0.3, 0.4) is 0 Å². The molecule has 1 N–H and O–H groups in total. The van der Waals surface area contributed by atoms with Crippen LogP contribution in [0.5, 0.6) is 0 Å². The number of rotatable bonds is 3. The molecule has 0 aromatic carbocycles. The zero-order valence-corrected chi connectivity index (χ0v) is 13.1.